The first-order chi connectivity index (χ1) is 60.5. The lowest BCUT2D eigenvalue weighted by Crippen LogP contribution is -1.94. The van der Waals surface area contributed by atoms with Gasteiger partial charge in [0, 0.05) is 87.4 Å². The molecule has 0 spiro atoms. The Morgan fingerprint density at radius 3 is 0.836 bits per heavy atom. The lowest BCUT2D eigenvalue weighted by molar-refractivity contribution is 0.668. The van der Waals surface area contributed by atoms with Crippen molar-refractivity contribution in [3.63, 3.8) is 0 Å². The fourth-order valence-corrected chi connectivity index (χ4v) is 20.3. The van der Waals surface area contributed by atoms with E-state index in [1.807, 2.05) is 0 Å². The van der Waals surface area contributed by atoms with E-state index in [0.29, 0.717) is 0 Å². The van der Waals surface area contributed by atoms with Crippen molar-refractivity contribution >= 4 is 153 Å². The maximum absolute atomic E-state index is 6.76. The van der Waals surface area contributed by atoms with E-state index < -0.39 is 0 Å². The van der Waals surface area contributed by atoms with Crippen molar-refractivity contribution in [1.82, 2.24) is 18.3 Å². The minimum absolute atomic E-state index is 0.859. The van der Waals surface area contributed by atoms with Crippen LogP contribution in [0.1, 0.15) is 0 Å². The normalized spacial score (nSPS) is 12.1. The van der Waals surface area contributed by atoms with Crippen LogP contribution in [0, 0.1) is 0 Å². The van der Waals surface area contributed by atoms with Gasteiger partial charge in [-0.15, -0.1) is 0 Å². The van der Waals surface area contributed by atoms with Crippen LogP contribution >= 0.6 is 0 Å². The highest BCUT2D eigenvalue weighted by atomic mass is 16.3. The van der Waals surface area contributed by atoms with Gasteiger partial charge in [0.25, 0.3) is 0 Å². The Hall–Kier alpha value is -16.3. The van der Waals surface area contributed by atoms with Gasteiger partial charge in [0.05, 0.1) is 44.1 Å². The van der Waals surface area contributed by atoms with Gasteiger partial charge in [-0.25, -0.2) is 0 Å². The SMILES string of the molecule is c1ccc(-n2c3ccc(-c4cccc(-c5cccc6oc7ccc(-c8ccc9c(c8)c8c%10ccccc%10ccc8n9-c8ccccc8)cc7c56)c4)cc3c3ccc(-c4ccc5c6cc(-c7ccc8oc9cccc(-c%10cccc(-c%11ccc%12c(c%11)c%11c%13ccccc%13ccc%11n%12-c%11ccccc%11)c%10)c9c8c7)ccc6n(-c6ccccc6)c5c4)cc32)cc1. The van der Waals surface area contributed by atoms with Crippen LogP contribution in [0.4, 0.5) is 0 Å². The molecule has 0 atom stereocenters. The second kappa shape index (κ2) is 26.6. The summed E-state index contributed by atoms with van der Waals surface area (Å²) < 4.78 is 23.2. The van der Waals surface area contributed by atoms with Crippen LogP contribution in [-0.4, -0.2) is 18.3 Å². The van der Waals surface area contributed by atoms with Gasteiger partial charge in [-0.05, 0) is 269 Å². The molecule has 0 saturated carbocycles. The lowest BCUT2D eigenvalue weighted by atomic mass is 9.94. The van der Waals surface area contributed by atoms with Gasteiger partial charge in [-0.3, -0.25) is 0 Å². The molecule has 26 rings (SSSR count). The van der Waals surface area contributed by atoms with Gasteiger partial charge in [0.15, 0.2) is 0 Å². The molecule has 6 heterocycles. The minimum Gasteiger partial charge on any atom is -0.456 e. The summed E-state index contributed by atoms with van der Waals surface area (Å²) in [5.74, 6) is 0. The van der Waals surface area contributed by atoms with Crippen LogP contribution in [0.15, 0.2) is 433 Å². The topological polar surface area (TPSA) is 46.0 Å². The maximum atomic E-state index is 6.76. The zero-order chi connectivity index (χ0) is 79.8. The second-order valence-corrected chi connectivity index (χ2v) is 32.6. The van der Waals surface area contributed by atoms with Crippen LogP contribution in [-0.2, 0) is 0 Å². The molecular formula is C116H70N4O2. The van der Waals surface area contributed by atoms with Gasteiger partial charge >= 0.3 is 0 Å². The Balaban J connectivity index is 0.547. The molecule has 0 saturated heterocycles. The van der Waals surface area contributed by atoms with E-state index in [1.165, 1.54) is 92.3 Å². The summed E-state index contributed by atoms with van der Waals surface area (Å²) in [7, 11) is 0. The Morgan fingerprint density at radius 2 is 0.434 bits per heavy atom. The first-order valence-corrected chi connectivity index (χ1v) is 41.9. The molecule has 6 heteroatoms. The van der Waals surface area contributed by atoms with Crippen LogP contribution in [0.25, 0.3) is 253 Å². The van der Waals surface area contributed by atoms with Crippen molar-refractivity contribution in [1.29, 1.82) is 0 Å². The van der Waals surface area contributed by atoms with Crippen LogP contribution in [0.5, 0.6) is 0 Å². The number of para-hydroxylation sites is 4. The molecule has 566 valence electrons. The first kappa shape index (κ1) is 67.8. The third kappa shape index (κ3) is 10.4. The summed E-state index contributed by atoms with van der Waals surface area (Å²) in [5.41, 5.74) is 33.2. The van der Waals surface area contributed by atoms with Gasteiger partial charge in [0.1, 0.15) is 22.3 Å². The first-order valence-electron chi connectivity index (χ1n) is 41.9. The summed E-state index contributed by atoms with van der Waals surface area (Å²) in [5, 5.41) is 19.1. The largest absolute Gasteiger partial charge is 0.456 e. The average molecular weight is 1550 g/mol. The summed E-state index contributed by atoms with van der Waals surface area (Å²) in [4.78, 5) is 0. The van der Waals surface area contributed by atoms with Gasteiger partial charge < -0.3 is 27.1 Å². The molecule has 0 bridgehead atoms. The van der Waals surface area contributed by atoms with Gasteiger partial charge in [-0.2, -0.15) is 0 Å². The number of benzene rings is 20. The molecule has 0 aliphatic heterocycles. The zero-order valence-electron chi connectivity index (χ0n) is 66.0. The molecule has 0 N–H and O–H groups in total. The number of hydrogen-bond donors (Lipinski definition) is 0. The van der Waals surface area contributed by atoms with Crippen molar-refractivity contribution in [2.75, 3.05) is 0 Å². The molecule has 0 aliphatic rings. The molecule has 6 aromatic heterocycles. The van der Waals surface area contributed by atoms with Gasteiger partial charge in [-0.1, -0.05) is 255 Å². The summed E-state index contributed by atoms with van der Waals surface area (Å²) in [6.07, 6.45) is 0. The highest BCUT2D eigenvalue weighted by Crippen LogP contribution is 2.48. The fraction of sp³-hybridized carbons (Fsp3) is 0. The molecule has 0 radical (unpaired) electrons. The highest BCUT2D eigenvalue weighted by molar-refractivity contribution is 6.25. The van der Waals surface area contributed by atoms with Crippen LogP contribution < -0.4 is 0 Å². The Labute approximate surface area is 700 Å². The van der Waals surface area contributed by atoms with Crippen molar-refractivity contribution in [2.24, 2.45) is 0 Å². The third-order valence-electron chi connectivity index (χ3n) is 25.9. The molecule has 0 unspecified atom stereocenters. The minimum atomic E-state index is 0.859. The quantitative estimate of drug-likeness (QED) is 0.130. The van der Waals surface area contributed by atoms with E-state index in [2.05, 4.69) is 443 Å². The molecule has 0 aliphatic carbocycles. The van der Waals surface area contributed by atoms with Crippen molar-refractivity contribution in [3.05, 3.63) is 425 Å². The second-order valence-electron chi connectivity index (χ2n) is 32.6. The van der Waals surface area contributed by atoms with E-state index in [4.69, 9.17) is 8.83 Å². The number of nitrogens with zero attached hydrogens (tertiary/aromatic N) is 4. The number of hydrogen-bond acceptors (Lipinski definition) is 2. The standard InChI is InChI=1S/C116H70N4O2/c1-5-27-85(28-6-1)117-103-55-47-77(65-97(103)113-89-35-15-13-21-71(89)43-57-105(113)117)74-24-18-26-84(62-74)92-38-20-39-111-115(92)99-67-79(49-59-109(99)121-111)76-46-54-102-96(64-76)94-52-42-82(70-108(94)120(102)88-33-11-4-12-34-88)81-41-51-93-95-63-75(45-53-101(95)119(107(93)69-81)87-31-9-3-10-32-87)73-23-17-25-83(61-73)91-37-19-40-112-116(91)100-68-80(50-60-110(100)122-112)78-48-56-104-98(66-78)114-90-36-16-14-22-72(90)44-58-106(114)118(104)86-29-7-2-8-30-86/h1-70H. The molecule has 122 heavy (non-hydrogen) atoms. The van der Waals surface area contributed by atoms with E-state index in [1.54, 1.807) is 0 Å². The van der Waals surface area contributed by atoms with E-state index >= 15 is 0 Å². The average Bonchev–Trinajstić information content (AvgIpc) is 1.57. The van der Waals surface area contributed by atoms with Crippen molar-refractivity contribution in [2.45, 2.75) is 0 Å². The molecule has 20 aromatic carbocycles. The number of furan rings is 2. The highest BCUT2D eigenvalue weighted by Gasteiger charge is 2.25. The summed E-state index contributed by atoms with van der Waals surface area (Å²) in [6.45, 7) is 0. The third-order valence-corrected chi connectivity index (χ3v) is 25.9. The molecule has 6 nitrogen and oxygen atoms in total. The predicted octanol–water partition coefficient (Wildman–Crippen LogP) is 31.8. The Morgan fingerprint density at radius 1 is 0.139 bits per heavy atom. The number of fused-ring (bicyclic) bond motifs is 22. The Bertz CT molecular complexity index is 8880. The fourth-order valence-electron chi connectivity index (χ4n) is 20.3. The van der Waals surface area contributed by atoms with Crippen molar-refractivity contribution in [3.8, 4) is 101 Å². The molecule has 0 amide bonds. The monoisotopic (exact) mass is 1550 g/mol. The van der Waals surface area contributed by atoms with Crippen LogP contribution in [0.3, 0.4) is 0 Å². The summed E-state index contributed by atoms with van der Waals surface area (Å²) in [6, 6.07) is 156. The number of aromatic nitrogens is 4. The number of rotatable bonds is 11. The van der Waals surface area contributed by atoms with Crippen molar-refractivity contribution < 1.29 is 8.83 Å². The zero-order valence-corrected chi connectivity index (χ0v) is 66.0. The molecule has 0 fully saturated rings. The molecule has 26 aromatic rings. The molecular weight excluding hydrogens is 1480 g/mol. The smallest absolute Gasteiger partial charge is 0.136 e. The van der Waals surface area contributed by atoms with E-state index in [9.17, 15) is 0 Å². The van der Waals surface area contributed by atoms with Crippen LogP contribution in [0.2, 0.25) is 0 Å². The maximum Gasteiger partial charge on any atom is 0.136 e. The lowest BCUT2D eigenvalue weighted by Gasteiger charge is -2.11. The predicted molar refractivity (Wildman–Crippen MR) is 511 cm³/mol. The summed E-state index contributed by atoms with van der Waals surface area (Å²) >= 11 is 0. The van der Waals surface area contributed by atoms with E-state index in [0.717, 1.165) is 161 Å². The Kier molecular flexibility index (Phi) is 14.8. The van der Waals surface area contributed by atoms with Gasteiger partial charge in [0.2, 0.25) is 0 Å². The van der Waals surface area contributed by atoms with E-state index in [-0.39, 0.29) is 0 Å².